The second-order valence-electron chi connectivity index (χ2n) is 20.2. The van der Waals surface area contributed by atoms with Crippen molar-refractivity contribution in [2.24, 2.45) is 0 Å². The van der Waals surface area contributed by atoms with E-state index in [0.29, 0.717) is 19.3 Å². The van der Waals surface area contributed by atoms with Crippen molar-refractivity contribution in [2.75, 3.05) is 13.2 Å². The largest absolute Gasteiger partial charge is 0.462 e. The summed E-state index contributed by atoms with van der Waals surface area (Å²) in [6, 6.07) is 0. The van der Waals surface area contributed by atoms with Crippen LogP contribution in [0.25, 0.3) is 0 Å². The highest BCUT2D eigenvalue weighted by Crippen LogP contribution is 2.16. The van der Waals surface area contributed by atoms with Crippen molar-refractivity contribution in [1.29, 1.82) is 0 Å². The lowest BCUT2D eigenvalue weighted by Crippen LogP contribution is -2.30. The Balaban J connectivity index is 4.44. The molecule has 0 bridgehead atoms. The highest BCUT2D eigenvalue weighted by Gasteiger charge is 2.19. The van der Waals surface area contributed by atoms with Crippen molar-refractivity contribution in [3.63, 3.8) is 0 Å². The molecule has 0 radical (unpaired) electrons. The average Bonchev–Trinajstić information content (AvgIpc) is 3.38. The van der Waals surface area contributed by atoms with Gasteiger partial charge in [0.15, 0.2) is 6.10 Å². The second kappa shape index (κ2) is 60.1. The van der Waals surface area contributed by atoms with Crippen LogP contribution in [-0.2, 0) is 28.6 Å². The SMILES string of the molecule is CC/C=C\C/C=C\C/C=C\C/C=C\C/C=C\C/C=C\CCC(=O)OC(COC(=O)CCCCCCC/C=C\CCCCCCC)COC(=O)CCCCCCCCCCCCCCCCCCCCCCC. The molecule has 0 amide bonds. The molecule has 0 aromatic carbocycles. The van der Waals surface area contributed by atoms with E-state index in [1.807, 2.05) is 6.08 Å². The molecule has 0 saturated heterocycles. The highest BCUT2D eigenvalue weighted by molar-refractivity contribution is 5.71. The molecular formula is C66H114O6. The molecule has 6 nitrogen and oxygen atoms in total. The molecule has 414 valence electrons. The molecular weight excluding hydrogens is 889 g/mol. The zero-order valence-electron chi connectivity index (χ0n) is 47.4. The minimum absolute atomic E-state index is 0.107. The number of esters is 3. The molecule has 0 heterocycles. The normalized spacial score (nSPS) is 12.7. The molecule has 0 aromatic heterocycles. The van der Waals surface area contributed by atoms with Crippen LogP contribution in [0.15, 0.2) is 85.1 Å². The zero-order chi connectivity index (χ0) is 52.2. The fourth-order valence-electron chi connectivity index (χ4n) is 8.58. The van der Waals surface area contributed by atoms with Gasteiger partial charge in [0.05, 0.1) is 0 Å². The van der Waals surface area contributed by atoms with E-state index in [9.17, 15) is 14.4 Å². The Morgan fingerprint density at radius 3 is 0.903 bits per heavy atom. The summed E-state index contributed by atoms with van der Waals surface area (Å²) in [7, 11) is 0. The van der Waals surface area contributed by atoms with E-state index in [1.165, 1.54) is 161 Å². The van der Waals surface area contributed by atoms with Gasteiger partial charge < -0.3 is 14.2 Å². The third-order valence-electron chi connectivity index (χ3n) is 13.1. The second-order valence-corrected chi connectivity index (χ2v) is 20.2. The predicted molar refractivity (Wildman–Crippen MR) is 311 cm³/mol. The van der Waals surface area contributed by atoms with Crippen LogP contribution in [0.1, 0.15) is 297 Å². The van der Waals surface area contributed by atoms with Gasteiger partial charge in [0, 0.05) is 19.3 Å². The minimum atomic E-state index is -0.820. The zero-order valence-corrected chi connectivity index (χ0v) is 47.4. The van der Waals surface area contributed by atoms with E-state index in [1.54, 1.807) is 0 Å². The monoisotopic (exact) mass is 1000 g/mol. The van der Waals surface area contributed by atoms with Crippen molar-refractivity contribution in [1.82, 2.24) is 0 Å². The summed E-state index contributed by atoms with van der Waals surface area (Å²) in [5.74, 6) is -0.990. The molecule has 1 unspecified atom stereocenters. The van der Waals surface area contributed by atoms with Crippen LogP contribution in [0.5, 0.6) is 0 Å². The van der Waals surface area contributed by atoms with Crippen molar-refractivity contribution < 1.29 is 28.6 Å². The molecule has 0 saturated carbocycles. The molecule has 0 fully saturated rings. The standard InChI is InChI=1S/C66H114O6/c1-4-7-10-13-16-19-22-25-28-30-32-33-35-36-38-41-44-47-50-53-56-59-65(68)71-62-63(61-70-64(67)58-55-52-49-46-43-40-27-24-21-18-15-12-9-6-3)72-66(69)60-57-54-51-48-45-42-39-37-34-31-29-26-23-20-17-14-11-8-5-2/h8,11,17,20,24,26-27,29,34,37,42,45,51,54,63H,4-7,9-10,12-16,18-19,21-23,25,28,30-33,35-36,38-41,43-44,46-50,52-53,55-62H2,1-3H3/b11-8-,20-17-,27-24-,29-26-,37-34-,45-42-,54-51-. The molecule has 0 aliphatic heterocycles. The van der Waals surface area contributed by atoms with E-state index in [4.69, 9.17) is 14.2 Å². The van der Waals surface area contributed by atoms with Crippen molar-refractivity contribution in [3.8, 4) is 0 Å². The molecule has 0 spiro atoms. The lowest BCUT2D eigenvalue weighted by molar-refractivity contribution is -0.166. The van der Waals surface area contributed by atoms with Gasteiger partial charge in [0.2, 0.25) is 0 Å². The third kappa shape index (κ3) is 57.5. The van der Waals surface area contributed by atoms with Gasteiger partial charge >= 0.3 is 17.9 Å². The molecule has 0 rings (SSSR count). The summed E-state index contributed by atoms with van der Waals surface area (Å²) >= 11 is 0. The fraction of sp³-hybridized carbons (Fsp3) is 0.742. The van der Waals surface area contributed by atoms with E-state index in [0.717, 1.165) is 89.9 Å². The van der Waals surface area contributed by atoms with Gasteiger partial charge in [0.25, 0.3) is 0 Å². The number of ether oxygens (including phenoxy) is 3. The maximum absolute atomic E-state index is 12.8. The Kier molecular flexibility index (Phi) is 57.3. The van der Waals surface area contributed by atoms with Gasteiger partial charge in [-0.1, -0.05) is 279 Å². The number of carbonyl (C=O) groups is 3. The number of allylic oxidation sites excluding steroid dienone is 14. The van der Waals surface area contributed by atoms with Crippen molar-refractivity contribution >= 4 is 17.9 Å². The van der Waals surface area contributed by atoms with Crippen LogP contribution in [0.2, 0.25) is 0 Å². The maximum atomic E-state index is 12.8. The summed E-state index contributed by atoms with van der Waals surface area (Å²) in [4.78, 5) is 38.2. The topological polar surface area (TPSA) is 78.9 Å². The minimum Gasteiger partial charge on any atom is -0.462 e. The molecule has 72 heavy (non-hydrogen) atoms. The Labute approximate surface area is 445 Å². The Bertz CT molecular complexity index is 1380. The average molecular weight is 1000 g/mol. The van der Waals surface area contributed by atoms with Gasteiger partial charge in [-0.15, -0.1) is 0 Å². The molecule has 6 heteroatoms. The molecule has 0 aliphatic rings. The van der Waals surface area contributed by atoms with Crippen LogP contribution < -0.4 is 0 Å². The lowest BCUT2D eigenvalue weighted by atomic mass is 10.0. The third-order valence-corrected chi connectivity index (χ3v) is 13.1. The summed E-state index contributed by atoms with van der Waals surface area (Å²) in [5, 5.41) is 0. The maximum Gasteiger partial charge on any atom is 0.306 e. The first-order chi connectivity index (χ1) is 35.5. The van der Waals surface area contributed by atoms with Crippen LogP contribution in [-0.4, -0.2) is 37.2 Å². The van der Waals surface area contributed by atoms with Gasteiger partial charge in [0.1, 0.15) is 13.2 Å². The highest BCUT2D eigenvalue weighted by atomic mass is 16.6. The quantitative estimate of drug-likeness (QED) is 0.0261. The van der Waals surface area contributed by atoms with Crippen LogP contribution in [0.4, 0.5) is 0 Å². The first kappa shape index (κ1) is 68.6. The fourth-order valence-corrected chi connectivity index (χ4v) is 8.58. The summed E-state index contributed by atoms with van der Waals surface area (Å²) in [6.45, 7) is 6.48. The summed E-state index contributed by atoms with van der Waals surface area (Å²) in [5.41, 5.74) is 0. The van der Waals surface area contributed by atoms with E-state index in [2.05, 4.69) is 99.8 Å². The Morgan fingerprint density at radius 2 is 0.569 bits per heavy atom. The lowest BCUT2D eigenvalue weighted by Gasteiger charge is -2.18. The molecule has 1 atom stereocenters. The van der Waals surface area contributed by atoms with Crippen LogP contribution in [0, 0.1) is 0 Å². The number of carbonyl (C=O) groups excluding carboxylic acids is 3. The van der Waals surface area contributed by atoms with E-state index in [-0.39, 0.29) is 31.6 Å². The first-order valence-corrected chi connectivity index (χ1v) is 30.6. The van der Waals surface area contributed by atoms with E-state index < -0.39 is 12.1 Å². The van der Waals surface area contributed by atoms with Crippen LogP contribution >= 0.6 is 0 Å². The van der Waals surface area contributed by atoms with E-state index >= 15 is 0 Å². The first-order valence-electron chi connectivity index (χ1n) is 30.6. The van der Waals surface area contributed by atoms with Crippen molar-refractivity contribution in [3.05, 3.63) is 85.1 Å². The molecule has 0 aliphatic carbocycles. The van der Waals surface area contributed by atoms with Crippen molar-refractivity contribution in [2.45, 2.75) is 303 Å². The molecule has 0 aromatic rings. The summed E-state index contributed by atoms with van der Waals surface area (Å²) < 4.78 is 16.8. The number of rotatable bonds is 55. The van der Waals surface area contributed by atoms with Crippen LogP contribution in [0.3, 0.4) is 0 Å². The van der Waals surface area contributed by atoms with Gasteiger partial charge in [-0.3, -0.25) is 14.4 Å². The molecule has 0 N–H and O–H groups in total. The number of unbranched alkanes of at least 4 members (excludes halogenated alkanes) is 30. The number of hydrogen-bond donors (Lipinski definition) is 0. The van der Waals surface area contributed by atoms with Gasteiger partial charge in [-0.25, -0.2) is 0 Å². The number of hydrogen-bond acceptors (Lipinski definition) is 6. The smallest absolute Gasteiger partial charge is 0.306 e. The Hall–Kier alpha value is -3.41. The van der Waals surface area contributed by atoms with Gasteiger partial charge in [-0.05, 0) is 83.5 Å². The summed E-state index contributed by atoms with van der Waals surface area (Å²) in [6.07, 6.45) is 78.8. The predicted octanol–water partition coefficient (Wildman–Crippen LogP) is 20.7. The van der Waals surface area contributed by atoms with Gasteiger partial charge in [-0.2, -0.15) is 0 Å². The Morgan fingerprint density at radius 1 is 0.292 bits per heavy atom.